The summed E-state index contributed by atoms with van der Waals surface area (Å²) in [6, 6.07) is 0. The first kappa shape index (κ1) is 14.7. The summed E-state index contributed by atoms with van der Waals surface area (Å²) in [5, 5.41) is 6.62. The molecule has 1 aliphatic heterocycles. The van der Waals surface area contributed by atoms with E-state index in [0.29, 0.717) is 29.7 Å². The van der Waals surface area contributed by atoms with Gasteiger partial charge in [0.1, 0.15) is 0 Å². The number of anilines is 1. The van der Waals surface area contributed by atoms with Crippen LogP contribution in [0.1, 0.15) is 35.8 Å². The predicted octanol–water partition coefficient (Wildman–Crippen LogP) is 1.37. The van der Waals surface area contributed by atoms with Gasteiger partial charge in [-0.25, -0.2) is 14.8 Å². The van der Waals surface area contributed by atoms with Crippen molar-refractivity contribution in [3.63, 3.8) is 0 Å². The van der Waals surface area contributed by atoms with Crippen LogP contribution >= 0.6 is 0 Å². The molecule has 0 saturated carbocycles. The molecule has 0 aromatic carbocycles. The Labute approximate surface area is 119 Å². The first-order valence-corrected chi connectivity index (χ1v) is 7.16. The second kappa shape index (κ2) is 7.19. The molecule has 6 nitrogen and oxygen atoms in total. The lowest BCUT2D eigenvalue weighted by molar-refractivity contribution is 0.0524. The van der Waals surface area contributed by atoms with Crippen molar-refractivity contribution < 1.29 is 9.53 Å². The average molecular weight is 278 g/mol. The zero-order valence-electron chi connectivity index (χ0n) is 12.1. The number of hydrogen-bond acceptors (Lipinski definition) is 6. The van der Waals surface area contributed by atoms with Gasteiger partial charge in [-0.05, 0) is 45.7 Å². The monoisotopic (exact) mass is 278 g/mol. The summed E-state index contributed by atoms with van der Waals surface area (Å²) in [5.41, 5.74) is 1.07. The van der Waals surface area contributed by atoms with Crippen molar-refractivity contribution in [1.29, 1.82) is 0 Å². The summed E-state index contributed by atoms with van der Waals surface area (Å²) in [6.07, 6.45) is 3.97. The Kier molecular flexibility index (Phi) is 5.29. The number of aryl methyl sites for hydroxylation is 1. The number of esters is 1. The van der Waals surface area contributed by atoms with Gasteiger partial charge in [-0.3, -0.25) is 0 Å². The third-order valence-corrected chi connectivity index (χ3v) is 3.42. The third kappa shape index (κ3) is 3.90. The van der Waals surface area contributed by atoms with Gasteiger partial charge < -0.3 is 15.4 Å². The van der Waals surface area contributed by atoms with Gasteiger partial charge in [0.15, 0.2) is 0 Å². The van der Waals surface area contributed by atoms with Crippen LogP contribution in [0.4, 0.5) is 5.95 Å². The Morgan fingerprint density at radius 1 is 1.60 bits per heavy atom. The fourth-order valence-electron chi connectivity index (χ4n) is 2.30. The second-order valence-electron chi connectivity index (χ2n) is 5.01. The summed E-state index contributed by atoms with van der Waals surface area (Å²) >= 11 is 0. The molecule has 0 aliphatic carbocycles. The molecule has 1 aliphatic rings. The molecule has 1 atom stereocenters. The third-order valence-electron chi connectivity index (χ3n) is 3.42. The van der Waals surface area contributed by atoms with Gasteiger partial charge in [-0.2, -0.15) is 0 Å². The summed E-state index contributed by atoms with van der Waals surface area (Å²) < 4.78 is 4.96. The Bertz CT molecular complexity index is 458. The lowest BCUT2D eigenvalue weighted by atomic mass is 10.00. The summed E-state index contributed by atoms with van der Waals surface area (Å²) in [5.74, 6) is 0.812. The van der Waals surface area contributed by atoms with Gasteiger partial charge in [0.05, 0.1) is 17.9 Å². The van der Waals surface area contributed by atoms with E-state index in [1.54, 1.807) is 13.8 Å². The van der Waals surface area contributed by atoms with Gasteiger partial charge >= 0.3 is 5.97 Å². The second-order valence-corrected chi connectivity index (χ2v) is 5.01. The molecule has 2 heterocycles. The Morgan fingerprint density at radius 2 is 2.45 bits per heavy atom. The zero-order chi connectivity index (χ0) is 14.4. The highest BCUT2D eigenvalue weighted by Crippen LogP contribution is 2.12. The molecule has 1 unspecified atom stereocenters. The maximum absolute atomic E-state index is 11.7. The van der Waals surface area contributed by atoms with Crippen LogP contribution in [0.25, 0.3) is 0 Å². The van der Waals surface area contributed by atoms with Crippen LogP contribution in [0.2, 0.25) is 0 Å². The number of carbonyl (C=O) groups excluding carboxylic acids is 1. The van der Waals surface area contributed by atoms with E-state index in [1.165, 1.54) is 19.0 Å². The highest BCUT2D eigenvalue weighted by Gasteiger charge is 2.15. The number of hydrogen-bond donors (Lipinski definition) is 2. The minimum atomic E-state index is -0.368. The van der Waals surface area contributed by atoms with Gasteiger partial charge in [0, 0.05) is 12.7 Å². The van der Waals surface area contributed by atoms with Crippen molar-refractivity contribution in [3.05, 3.63) is 17.5 Å². The number of rotatable bonds is 5. The molecule has 1 aromatic heterocycles. The molecular weight excluding hydrogens is 256 g/mol. The highest BCUT2D eigenvalue weighted by atomic mass is 16.5. The minimum absolute atomic E-state index is 0.354. The lowest BCUT2D eigenvalue weighted by Crippen LogP contribution is -2.33. The van der Waals surface area contributed by atoms with E-state index in [2.05, 4.69) is 20.6 Å². The molecule has 0 spiro atoms. The summed E-state index contributed by atoms with van der Waals surface area (Å²) in [7, 11) is 0. The smallest absolute Gasteiger partial charge is 0.341 e. The van der Waals surface area contributed by atoms with Crippen LogP contribution in [0.3, 0.4) is 0 Å². The molecule has 110 valence electrons. The number of carbonyl (C=O) groups is 1. The zero-order valence-corrected chi connectivity index (χ0v) is 12.1. The van der Waals surface area contributed by atoms with Gasteiger partial charge in [0.25, 0.3) is 0 Å². The van der Waals surface area contributed by atoms with Crippen LogP contribution in [0.15, 0.2) is 6.20 Å². The maximum atomic E-state index is 11.7. The highest BCUT2D eigenvalue weighted by molar-refractivity contribution is 5.90. The lowest BCUT2D eigenvalue weighted by Gasteiger charge is -2.22. The van der Waals surface area contributed by atoms with Crippen molar-refractivity contribution in [1.82, 2.24) is 15.3 Å². The quantitative estimate of drug-likeness (QED) is 0.792. The summed E-state index contributed by atoms with van der Waals surface area (Å²) in [6.45, 7) is 6.93. The molecule has 1 aromatic rings. The molecule has 0 bridgehead atoms. The van der Waals surface area contributed by atoms with E-state index in [1.807, 2.05) is 0 Å². The Hall–Kier alpha value is -1.69. The number of aromatic nitrogens is 2. The number of nitrogens with one attached hydrogen (secondary N) is 2. The molecule has 6 heteroatoms. The fraction of sp³-hybridized carbons (Fsp3) is 0.643. The first-order valence-electron chi connectivity index (χ1n) is 7.16. The maximum Gasteiger partial charge on any atom is 0.341 e. The average Bonchev–Trinajstić information content (AvgIpc) is 2.46. The van der Waals surface area contributed by atoms with E-state index in [4.69, 9.17) is 4.74 Å². The molecule has 1 fully saturated rings. The van der Waals surface area contributed by atoms with Crippen LogP contribution in [0, 0.1) is 12.8 Å². The van der Waals surface area contributed by atoms with Crippen LogP contribution in [-0.2, 0) is 4.74 Å². The topological polar surface area (TPSA) is 76.1 Å². The van der Waals surface area contributed by atoms with Crippen molar-refractivity contribution in [2.75, 3.05) is 31.6 Å². The molecular formula is C14H22N4O2. The predicted molar refractivity (Wildman–Crippen MR) is 76.8 cm³/mol. The van der Waals surface area contributed by atoms with Crippen molar-refractivity contribution in [2.24, 2.45) is 5.92 Å². The Morgan fingerprint density at radius 3 is 3.10 bits per heavy atom. The van der Waals surface area contributed by atoms with E-state index < -0.39 is 0 Å². The molecule has 0 radical (unpaired) electrons. The fourth-order valence-corrected chi connectivity index (χ4v) is 2.30. The van der Waals surface area contributed by atoms with Crippen LogP contribution < -0.4 is 10.6 Å². The van der Waals surface area contributed by atoms with Crippen LogP contribution in [0.5, 0.6) is 0 Å². The van der Waals surface area contributed by atoms with E-state index in [0.717, 1.165) is 19.6 Å². The van der Waals surface area contributed by atoms with E-state index in [9.17, 15) is 4.79 Å². The SMILES string of the molecule is CCOC(=O)c1cnc(NCC2CCCNC2)nc1C. The Balaban J connectivity index is 1.92. The van der Waals surface area contributed by atoms with Crippen molar-refractivity contribution in [3.8, 4) is 0 Å². The summed E-state index contributed by atoms with van der Waals surface area (Å²) in [4.78, 5) is 20.2. The molecule has 2 N–H and O–H groups in total. The van der Waals surface area contributed by atoms with E-state index in [-0.39, 0.29) is 5.97 Å². The number of piperidine rings is 1. The number of nitrogens with zero attached hydrogens (tertiary/aromatic N) is 2. The standard InChI is InChI=1S/C14H22N4O2/c1-3-20-13(19)12-9-17-14(18-10(12)2)16-8-11-5-4-6-15-7-11/h9,11,15H,3-8H2,1-2H3,(H,16,17,18). The molecule has 2 rings (SSSR count). The van der Waals surface area contributed by atoms with E-state index >= 15 is 0 Å². The number of ether oxygens (including phenoxy) is 1. The first-order chi connectivity index (χ1) is 9.70. The van der Waals surface area contributed by atoms with Gasteiger partial charge in [-0.15, -0.1) is 0 Å². The van der Waals surface area contributed by atoms with Crippen molar-refractivity contribution >= 4 is 11.9 Å². The van der Waals surface area contributed by atoms with Gasteiger partial charge in [-0.1, -0.05) is 0 Å². The normalized spacial score (nSPS) is 18.6. The van der Waals surface area contributed by atoms with Gasteiger partial charge in [0.2, 0.25) is 5.95 Å². The molecule has 20 heavy (non-hydrogen) atoms. The van der Waals surface area contributed by atoms with Crippen LogP contribution in [-0.4, -0.2) is 42.2 Å². The van der Waals surface area contributed by atoms with Crippen molar-refractivity contribution in [2.45, 2.75) is 26.7 Å². The largest absolute Gasteiger partial charge is 0.462 e. The molecule has 0 amide bonds. The minimum Gasteiger partial charge on any atom is -0.462 e. The molecule has 1 saturated heterocycles.